The number of aliphatic hydroxyl groups excluding tert-OH is 1. The summed E-state index contributed by atoms with van der Waals surface area (Å²) < 4.78 is 48.8. The maximum Gasteiger partial charge on any atom is 0.422 e. The lowest BCUT2D eigenvalue weighted by molar-refractivity contribution is -0.154. The Hall–Kier alpha value is -4.63. The van der Waals surface area contributed by atoms with Crippen LogP contribution in [0.3, 0.4) is 0 Å². The van der Waals surface area contributed by atoms with Crippen molar-refractivity contribution in [3.63, 3.8) is 0 Å². The zero-order valence-electron chi connectivity index (χ0n) is 26.4. The number of carbonyl (C=O) groups is 2. The summed E-state index contributed by atoms with van der Waals surface area (Å²) in [6, 6.07) is 13.0. The molecule has 0 spiro atoms. The summed E-state index contributed by atoms with van der Waals surface area (Å²) in [6.45, 7) is 4.90. The minimum Gasteiger partial charge on any atom is -0.488 e. The van der Waals surface area contributed by atoms with E-state index in [9.17, 15) is 27.9 Å². The van der Waals surface area contributed by atoms with Crippen molar-refractivity contribution in [2.45, 2.75) is 51.4 Å². The molecule has 1 unspecified atom stereocenters. The van der Waals surface area contributed by atoms with Gasteiger partial charge in [-0.25, -0.2) is 0 Å². The highest BCUT2D eigenvalue weighted by atomic mass is 35.5. The summed E-state index contributed by atoms with van der Waals surface area (Å²) in [5.41, 5.74) is 1.11. The minimum atomic E-state index is -4.60. The second-order valence-corrected chi connectivity index (χ2v) is 12.7. The van der Waals surface area contributed by atoms with Crippen molar-refractivity contribution in [2.75, 3.05) is 36.9 Å². The molecule has 12 nitrogen and oxygen atoms in total. The summed E-state index contributed by atoms with van der Waals surface area (Å²) in [6.07, 6.45) is -4.35. The van der Waals surface area contributed by atoms with E-state index in [2.05, 4.69) is 36.2 Å². The van der Waals surface area contributed by atoms with Crippen molar-refractivity contribution in [3.8, 4) is 6.01 Å². The first-order valence-electron chi connectivity index (χ1n) is 15.2. The molecule has 0 radical (unpaired) electrons. The second-order valence-electron chi connectivity index (χ2n) is 12.2. The van der Waals surface area contributed by atoms with E-state index in [4.69, 9.17) is 21.1 Å². The topological polar surface area (TPSA) is 160 Å². The molecule has 256 valence electrons. The molecule has 1 aromatic heterocycles. The number of hydrogen-bond acceptors (Lipinski definition) is 11. The Morgan fingerprint density at radius 1 is 1.00 bits per heavy atom. The van der Waals surface area contributed by atoms with E-state index in [1.165, 1.54) is 0 Å². The number of hydrogen-bond donors (Lipinski definition) is 5. The van der Waals surface area contributed by atoms with Crippen LogP contribution in [0.1, 0.15) is 49.5 Å². The molecule has 1 heterocycles. The normalized spacial score (nSPS) is 16.9. The van der Waals surface area contributed by atoms with Gasteiger partial charge in [0, 0.05) is 29.4 Å². The molecular weight excluding hydrogens is 655 g/mol. The summed E-state index contributed by atoms with van der Waals surface area (Å²) in [5.74, 6) is -0.725. The number of ether oxygens (including phenoxy) is 2. The average molecular weight is 690 g/mol. The number of anilines is 3. The summed E-state index contributed by atoms with van der Waals surface area (Å²) in [7, 11) is 0. The van der Waals surface area contributed by atoms with Gasteiger partial charge in [0.15, 0.2) is 18.5 Å². The maximum absolute atomic E-state index is 12.9. The van der Waals surface area contributed by atoms with Crippen LogP contribution in [0.5, 0.6) is 6.01 Å². The van der Waals surface area contributed by atoms with Gasteiger partial charge in [-0.15, -0.1) is 0 Å². The minimum absolute atomic E-state index is 0.0223. The van der Waals surface area contributed by atoms with E-state index >= 15 is 0 Å². The van der Waals surface area contributed by atoms with Gasteiger partial charge in [0.25, 0.3) is 5.91 Å². The number of alkyl halides is 3. The maximum atomic E-state index is 12.9. The fourth-order valence-electron chi connectivity index (χ4n) is 4.83. The van der Waals surface area contributed by atoms with Gasteiger partial charge in [0.2, 0.25) is 17.7 Å². The highest BCUT2D eigenvalue weighted by Gasteiger charge is 2.45. The van der Waals surface area contributed by atoms with Crippen LogP contribution in [0.25, 0.3) is 0 Å². The number of benzene rings is 2. The fraction of sp³-hybridized carbons (Fsp3) is 0.406. The molecule has 1 atom stereocenters. The molecule has 2 aliphatic carbocycles. The molecule has 48 heavy (non-hydrogen) atoms. The number of nitrogens with one attached hydrogen (secondary N) is 4. The number of aliphatic hydroxyl groups is 1. The van der Waals surface area contributed by atoms with E-state index in [0.717, 1.165) is 18.4 Å². The van der Waals surface area contributed by atoms with Crippen molar-refractivity contribution >= 4 is 40.9 Å². The van der Waals surface area contributed by atoms with E-state index in [1.54, 1.807) is 43.3 Å². The number of rotatable bonds is 15. The van der Waals surface area contributed by atoms with Gasteiger partial charge < -0.3 is 35.8 Å². The third-order valence-corrected chi connectivity index (χ3v) is 7.90. The van der Waals surface area contributed by atoms with Gasteiger partial charge in [-0.2, -0.15) is 28.1 Å². The van der Waals surface area contributed by atoms with Crippen molar-refractivity contribution < 1.29 is 37.3 Å². The fourth-order valence-corrected chi connectivity index (χ4v) is 4.96. The van der Waals surface area contributed by atoms with Crippen molar-refractivity contribution in [1.29, 1.82) is 0 Å². The van der Waals surface area contributed by atoms with E-state index in [0.29, 0.717) is 35.1 Å². The molecule has 16 heteroatoms. The first-order chi connectivity index (χ1) is 22.7. The quantitative estimate of drug-likeness (QED) is 0.149. The lowest BCUT2D eigenvalue weighted by atomic mass is 9.91. The molecule has 3 aromatic rings. The molecule has 2 aliphatic rings. The smallest absolute Gasteiger partial charge is 0.422 e. The molecule has 1 amide bonds. The first-order valence-corrected chi connectivity index (χ1v) is 15.5. The Morgan fingerprint density at radius 3 is 2.29 bits per heavy atom. The molecule has 5 rings (SSSR count). The first kappa shape index (κ1) is 34.7. The Bertz CT molecular complexity index is 1680. The molecule has 2 aromatic carbocycles. The van der Waals surface area contributed by atoms with Crippen molar-refractivity contribution in [3.05, 3.63) is 76.1 Å². The number of aromatic nitrogens is 3. The van der Waals surface area contributed by atoms with Gasteiger partial charge in [-0.05, 0) is 67.1 Å². The standard InChI is InChI=1S/C32H35ClF3N7O5/c1-4-47-25-22(23(44)24(25)45)37-15-30(2,3)16-38-26(46)18-5-11-21(12-6-18)39-27-40-28(42-29(41-27)48-17-32(34,35)36)43-31(13-14-31)19-7-9-20(33)10-8-19/h5-12,23,37,44H,4,13-17H2,1-3H3,(H,38,46)(H2,39,40,41,42,43). The predicted octanol–water partition coefficient (Wildman–Crippen LogP) is 4.85. The van der Waals surface area contributed by atoms with Crippen LogP contribution in [0, 0.1) is 5.41 Å². The van der Waals surface area contributed by atoms with Gasteiger partial charge in [-0.1, -0.05) is 37.6 Å². The van der Waals surface area contributed by atoms with Crippen LogP contribution in [-0.4, -0.2) is 70.3 Å². The molecule has 1 fully saturated rings. The van der Waals surface area contributed by atoms with Crippen LogP contribution in [0.2, 0.25) is 5.02 Å². The van der Waals surface area contributed by atoms with Crippen LogP contribution in [0.15, 0.2) is 60.0 Å². The van der Waals surface area contributed by atoms with Crippen LogP contribution >= 0.6 is 11.6 Å². The number of Topliss-reactive ketones (excluding diaryl/α,β-unsaturated/α-hetero) is 1. The number of halogens is 4. The van der Waals surface area contributed by atoms with E-state index in [-0.39, 0.29) is 30.1 Å². The van der Waals surface area contributed by atoms with E-state index < -0.39 is 41.6 Å². The highest BCUT2D eigenvalue weighted by Crippen LogP contribution is 2.48. The largest absolute Gasteiger partial charge is 0.488 e. The van der Waals surface area contributed by atoms with Crippen molar-refractivity contribution in [1.82, 2.24) is 25.6 Å². The Labute approximate surface area is 279 Å². The molecule has 0 bridgehead atoms. The van der Waals surface area contributed by atoms with Gasteiger partial charge in [-0.3, -0.25) is 9.59 Å². The predicted molar refractivity (Wildman–Crippen MR) is 171 cm³/mol. The molecule has 5 N–H and O–H groups in total. The molecule has 1 saturated carbocycles. The Balaban J connectivity index is 1.22. The second kappa shape index (κ2) is 13.8. The van der Waals surface area contributed by atoms with Crippen molar-refractivity contribution in [2.24, 2.45) is 5.41 Å². The van der Waals surface area contributed by atoms with Crippen LogP contribution in [0.4, 0.5) is 30.8 Å². The number of ketones is 1. The lowest BCUT2D eigenvalue weighted by Crippen LogP contribution is -2.48. The Morgan fingerprint density at radius 2 is 1.67 bits per heavy atom. The van der Waals surface area contributed by atoms with Gasteiger partial charge in [0.05, 0.1) is 17.8 Å². The van der Waals surface area contributed by atoms with E-state index in [1.807, 2.05) is 26.0 Å². The monoisotopic (exact) mass is 689 g/mol. The third kappa shape index (κ3) is 8.63. The summed E-state index contributed by atoms with van der Waals surface area (Å²) in [4.78, 5) is 37.1. The average Bonchev–Trinajstić information content (AvgIpc) is 3.82. The number of amides is 1. The number of carbonyl (C=O) groups excluding carboxylic acids is 2. The number of nitrogens with zero attached hydrogens (tertiary/aromatic N) is 3. The zero-order chi connectivity index (χ0) is 34.7. The highest BCUT2D eigenvalue weighted by molar-refractivity contribution is 6.30. The Kier molecular flexibility index (Phi) is 10.0. The SMILES string of the molecule is CCOC1=C(NCC(C)(C)CNC(=O)c2ccc(Nc3nc(NC4(c5ccc(Cl)cc5)CC4)nc(OCC(F)(F)F)n3)cc2)C(O)C1=O. The van der Waals surface area contributed by atoms with Crippen LogP contribution < -0.4 is 26.0 Å². The lowest BCUT2D eigenvalue weighted by Gasteiger charge is -2.32. The molecule has 0 aliphatic heterocycles. The summed E-state index contributed by atoms with van der Waals surface area (Å²) >= 11 is 6.03. The summed E-state index contributed by atoms with van der Waals surface area (Å²) in [5, 5.41) is 22.6. The van der Waals surface area contributed by atoms with Gasteiger partial charge >= 0.3 is 12.2 Å². The van der Waals surface area contributed by atoms with Gasteiger partial charge in [0.1, 0.15) is 0 Å². The molecule has 0 saturated heterocycles. The molecular formula is C32H35ClF3N7O5. The third-order valence-electron chi connectivity index (χ3n) is 7.64. The zero-order valence-corrected chi connectivity index (χ0v) is 27.1. The van der Waals surface area contributed by atoms with Crippen LogP contribution in [-0.2, 0) is 15.1 Å².